The molecule has 0 spiro atoms. The molecule has 7 heteroatoms. The highest BCUT2D eigenvalue weighted by atomic mass is 79.9. The van der Waals surface area contributed by atoms with E-state index in [2.05, 4.69) is 31.4 Å². The lowest BCUT2D eigenvalue weighted by Gasteiger charge is -2.11. The van der Waals surface area contributed by atoms with Crippen LogP contribution in [0.5, 0.6) is 0 Å². The Hall–Kier alpha value is -2.15. The molecule has 0 fully saturated rings. The van der Waals surface area contributed by atoms with Gasteiger partial charge in [-0.05, 0) is 35.8 Å². The van der Waals surface area contributed by atoms with Crippen LogP contribution in [0.4, 0.5) is 0 Å². The molecule has 0 saturated heterocycles. The molecule has 2 aromatic heterocycles. The van der Waals surface area contributed by atoms with E-state index in [4.69, 9.17) is 4.52 Å². The first-order valence-corrected chi connectivity index (χ1v) is 7.62. The number of aryl methyl sites for hydroxylation is 2. The first-order valence-electron chi connectivity index (χ1n) is 6.83. The quantitative estimate of drug-likeness (QED) is 0.776. The van der Waals surface area contributed by atoms with E-state index in [1.165, 1.54) is 0 Å². The second-order valence-electron chi connectivity index (χ2n) is 5.11. The van der Waals surface area contributed by atoms with Crippen molar-refractivity contribution in [3.05, 3.63) is 46.1 Å². The summed E-state index contributed by atoms with van der Waals surface area (Å²) in [5, 5.41) is 7.61. The summed E-state index contributed by atoms with van der Waals surface area (Å²) in [4.78, 5) is 16.7. The predicted octanol–water partition coefficient (Wildman–Crippen LogP) is 3.12. The van der Waals surface area contributed by atoms with Crippen LogP contribution in [0.2, 0.25) is 0 Å². The van der Waals surface area contributed by atoms with Crippen molar-refractivity contribution in [3.63, 3.8) is 0 Å². The van der Waals surface area contributed by atoms with Crippen LogP contribution in [0.3, 0.4) is 0 Å². The Morgan fingerprint density at radius 1 is 1.41 bits per heavy atom. The molecular formula is C15H15BrN4O2. The minimum atomic E-state index is -0.362. The van der Waals surface area contributed by atoms with Gasteiger partial charge in [0.2, 0.25) is 5.89 Å². The van der Waals surface area contributed by atoms with Crippen molar-refractivity contribution in [2.24, 2.45) is 7.05 Å². The molecule has 0 bridgehead atoms. The lowest BCUT2D eigenvalue weighted by atomic mass is 10.2. The molecule has 1 amide bonds. The van der Waals surface area contributed by atoms with E-state index in [-0.39, 0.29) is 11.9 Å². The summed E-state index contributed by atoms with van der Waals surface area (Å²) < 4.78 is 7.72. The average molecular weight is 363 g/mol. The van der Waals surface area contributed by atoms with Gasteiger partial charge in [0, 0.05) is 18.0 Å². The molecule has 22 heavy (non-hydrogen) atoms. The fraction of sp³-hybridized carbons (Fsp3) is 0.267. The van der Waals surface area contributed by atoms with Crippen molar-refractivity contribution in [2.75, 3.05) is 0 Å². The maximum atomic E-state index is 12.6. The minimum Gasteiger partial charge on any atom is -0.339 e. The van der Waals surface area contributed by atoms with Gasteiger partial charge in [-0.3, -0.25) is 4.79 Å². The van der Waals surface area contributed by atoms with Gasteiger partial charge in [0.1, 0.15) is 11.7 Å². The molecule has 2 heterocycles. The van der Waals surface area contributed by atoms with Crippen molar-refractivity contribution >= 4 is 32.7 Å². The number of hydrogen-bond acceptors (Lipinski definition) is 4. The molecule has 3 aromatic rings. The number of para-hydroxylation sites is 1. The number of fused-ring (bicyclic) bond motifs is 1. The van der Waals surface area contributed by atoms with Gasteiger partial charge in [-0.2, -0.15) is 4.98 Å². The highest BCUT2D eigenvalue weighted by Crippen LogP contribution is 2.30. The lowest BCUT2D eigenvalue weighted by Crippen LogP contribution is -2.28. The molecule has 0 radical (unpaired) electrons. The molecule has 0 unspecified atom stereocenters. The third kappa shape index (κ3) is 2.41. The van der Waals surface area contributed by atoms with Gasteiger partial charge in [0.25, 0.3) is 5.91 Å². The number of amides is 1. The number of halogens is 1. The Balaban J connectivity index is 1.92. The Morgan fingerprint density at radius 3 is 2.77 bits per heavy atom. The minimum absolute atomic E-state index is 0.200. The van der Waals surface area contributed by atoms with Crippen molar-refractivity contribution in [3.8, 4) is 0 Å². The molecule has 1 N–H and O–H groups in total. The Kier molecular flexibility index (Phi) is 3.74. The second-order valence-corrected chi connectivity index (χ2v) is 5.91. The van der Waals surface area contributed by atoms with Gasteiger partial charge >= 0.3 is 0 Å². The molecule has 0 saturated carbocycles. The topological polar surface area (TPSA) is 73.0 Å². The van der Waals surface area contributed by atoms with Crippen LogP contribution in [-0.4, -0.2) is 20.6 Å². The molecule has 1 atom stereocenters. The molecular weight excluding hydrogens is 348 g/mol. The van der Waals surface area contributed by atoms with Crippen molar-refractivity contribution in [1.82, 2.24) is 20.0 Å². The van der Waals surface area contributed by atoms with Crippen molar-refractivity contribution < 1.29 is 9.32 Å². The third-order valence-electron chi connectivity index (χ3n) is 3.52. The van der Waals surface area contributed by atoms with E-state index in [0.717, 1.165) is 15.4 Å². The number of nitrogens with zero attached hydrogens (tertiary/aromatic N) is 3. The first kappa shape index (κ1) is 14.8. The van der Waals surface area contributed by atoms with Crippen LogP contribution in [0.25, 0.3) is 10.9 Å². The normalized spacial score (nSPS) is 12.5. The zero-order chi connectivity index (χ0) is 15.9. The summed E-state index contributed by atoms with van der Waals surface area (Å²) in [7, 11) is 1.86. The molecule has 1 aromatic carbocycles. The van der Waals surface area contributed by atoms with Crippen LogP contribution in [0.15, 0.2) is 33.3 Å². The van der Waals surface area contributed by atoms with E-state index in [1.807, 2.05) is 35.9 Å². The van der Waals surface area contributed by atoms with E-state index in [0.29, 0.717) is 17.4 Å². The van der Waals surface area contributed by atoms with Crippen LogP contribution >= 0.6 is 15.9 Å². The van der Waals surface area contributed by atoms with Crippen LogP contribution < -0.4 is 5.32 Å². The van der Waals surface area contributed by atoms with Crippen LogP contribution in [0, 0.1) is 6.92 Å². The summed E-state index contributed by atoms with van der Waals surface area (Å²) >= 11 is 3.52. The van der Waals surface area contributed by atoms with Crippen LogP contribution in [-0.2, 0) is 7.05 Å². The summed E-state index contributed by atoms with van der Waals surface area (Å²) in [6.45, 7) is 3.55. The number of carbonyl (C=O) groups excluding carboxylic acids is 1. The maximum Gasteiger partial charge on any atom is 0.269 e. The Bertz CT molecular complexity index is 813. The fourth-order valence-electron chi connectivity index (χ4n) is 2.41. The first-order chi connectivity index (χ1) is 10.5. The smallest absolute Gasteiger partial charge is 0.269 e. The fourth-order valence-corrected chi connectivity index (χ4v) is 3.20. The molecule has 114 valence electrons. The third-order valence-corrected chi connectivity index (χ3v) is 4.32. The molecule has 0 aliphatic rings. The van der Waals surface area contributed by atoms with Gasteiger partial charge in [0.05, 0.1) is 4.47 Å². The second kappa shape index (κ2) is 5.57. The van der Waals surface area contributed by atoms with E-state index in [1.54, 1.807) is 13.8 Å². The highest BCUT2D eigenvalue weighted by Gasteiger charge is 2.22. The van der Waals surface area contributed by atoms with Gasteiger partial charge in [0.15, 0.2) is 5.82 Å². The average Bonchev–Trinajstić information content (AvgIpc) is 3.03. The van der Waals surface area contributed by atoms with E-state index >= 15 is 0 Å². The molecule has 0 aliphatic carbocycles. The van der Waals surface area contributed by atoms with E-state index in [9.17, 15) is 4.79 Å². The predicted molar refractivity (Wildman–Crippen MR) is 85.5 cm³/mol. The number of carbonyl (C=O) groups is 1. The Morgan fingerprint density at radius 2 is 2.14 bits per heavy atom. The Labute approximate surface area is 135 Å². The number of benzene rings is 1. The van der Waals surface area contributed by atoms with Gasteiger partial charge < -0.3 is 14.4 Å². The number of rotatable bonds is 3. The largest absolute Gasteiger partial charge is 0.339 e. The van der Waals surface area contributed by atoms with E-state index < -0.39 is 0 Å². The van der Waals surface area contributed by atoms with Crippen molar-refractivity contribution in [1.29, 1.82) is 0 Å². The van der Waals surface area contributed by atoms with Gasteiger partial charge in [-0.25, -0.2) is 0 Å². The highest BCUT2D eigenvalue weighted by molar-refractivity contribution is 9.10. The van der Waals surface area contributed by atoms with Crippen molar-refractivity contribution in [2.45, 2.75) is 19.9 Å². The molecule has 3 rings (SSSR count). The SMILES string of the molecule is Cc1noc([C@@H](C)NC(=O)c2c(Br)c3ccccc3n2C)n1. The molecule has 6 nitrogen and oxygen atoms in total. The van der Waals surface area contributed by atoms with Gasteiger partial charge in [-0.1, -0.05) is 23.4 Å². The van der Waals surface area contributed by atoms with Crippen LogP contribution in [0.1, 0.15) is 35.2 Å². The number of nitrogens with one attached hydrogen (secondary N) is 1. The number of aromatic nitrogens is 3. The summed E-state index contributed by atoms with van der Waals surface area (Å²) in [5.74, 6) is 0.733. The zero-order valence-corrected chi connectivity index (χ0v) is 14.0. The summed E-state index contributed by atoms with van der Waals surface area (Å²) in [6, 6.07) is 7.47. The summed E-state index contributed by atoms with van der Waals surface area (Å²) in [6.07, 6.45) is 0. The zero-order valence-electron chi connectivity index (χ0n) is 12.4. The number of hydrogen-bond donors (Lipinski definition) is 1. The summed E-state index contributed by atoms with van der Waals surface area (Å²) in [5.41, 5.74) is 1.55. The monoisotopic (exact) mass is 362 g/mol. The van der Waals surface area contributed by atoms with Gasteiger partial charge in [-0.15, -0.1) is 0 Å². The maximum absolute atomic E-state index is 12.6. The molecule has 0 aliphatic heterocycles. The lowest BCUT2D eigenvalue weighted by molar-refractivity contribution is 0.0924. The standard InChI is InChI=1S/C15H15BrN4O2/c1-8(15-18-9(2)19-22-15)17-14(21)13-12(16)10-6-4-5-7-11(10)20(13)3/h4-8H,1-3H3,(H,17,21)/t8-/m1/s1.